The fraction of sp³-hybridized carbons (Fsp3) is 0.529. The molecule has 6 heteroatoms. The third-order valence-corrected chi connectivity index (χ3v) is 4.32. The van der Waals surface area contributed by atoms with E-state index in [9.17, 15) is 4.79 Å². The Kier molecular flexibility index (Phi) is 6.68. The highest BCUT2D eigenvalue weighted by Gasteiger charge is 2.27. The summed E-state index contributed by atoms with van der Waals surface area (Å²) >= 11 is 0. The van der Waals surface area contributed by atoms with Gasteiger partial charge in [0.25, 0.3) is 0 Å². The van der Waals surface area contributed by atoms with Crippen molar-refractivity contribution in [3.63, 3.8) is 0 Å². The first-order valence-corrected chi connectivity index (χ1v) is 8.06. The lowest BCUT2D eigenvalue weighted by Gasteiger charge is -2.21. The van der Waals surface area contributed by atoms with Crippen molar-refractivity contribution >= 4 is 35.8 Å². The lowest BCUT2D eigenvalue weighted by Crippen LogP contribution is -2.45. The molecule has 0 spiro atoms. The molecular weight excluding hydrogens is 403 g/mol. The van der Waals surface area contributed by atoms with Crippen LogP contribution in [0.3, 0.4) is 0 Å². The molecule has 1 amide bonds. The van der Waals surface area contributed by atoms with E-state index in [1.807, 2.05) is 0 Å². The van der Waals surface area contributed by atoms with E-state index >= 15 is 0 Å². The van der Waals surface area contributed by atoms with Crippen LogP contribution in [0, 0.1) is 0 Å². The zero-order chi connectivity index (χ0) is 15.4. The summed E-state index contributed by atoms with van der Waals surface area (Å²) in [6, 6.07) is 11.0. The Hall–Kier alpha value is -1.31. The van der Waals surface area contributed by atoms with Crippen LogP contribution in [0.25, 0.3) is 0 Å². The molecule has 1 saturated carbocycles. The van der Waals surface area contributed by atoms with Crippen LogP contribution in [0.1, 0.15) is 30.7 Å². The molecule has 0 bridgehead atoms. The number of rotatable bonds is 4. The molecule has 1 atom stereocenters. The van der Waals surface area contributed by atoms with Crippen molar-refractivity contribution in [2.24, 2.45) is 4.99 Å². The predicted molar refractivity (Wildman–Crippen MR) is 103 cm³/mol. The number of carbonyl (C=O) groups excluding carboxylic acids is 1. The van der Waals surface area contributed by atoms with Crippen molar-refractivity contribution in [3.05, 3.63) is 35.9 Å². The van der Waals surface area contributed by atoms with E-state index in [-0.39, 0.29) is 29.9 Å². The molecule has 1 aromatic rings. The van der Waals surface area contributed by atoms with Crippen LogP contribution in [0.5, 0.6) is 0 Å². The van der Waals surface area contributed by atoms with Gasteiger partial charge < -0.3 is 15.5 Å². The second kappa shape index (κ2) is 8.52. The summed E-state index contributed by atoms with van der Waals surface area (Å²) in [5.74, 6) is 1.42. The Morgan fingerprint density at radius 3 is 2.65 bits per heavy atom. The van der Waals surface area contributed by atoms with E-state index in [4.69, 9.17) is 0 Å². The molecule has 0 aromatic heterocycles. The number of hydrogen-bond acceptors (Lipinski definition) is 2. The number of hydrogen-bond donors (Lipinski definition) is 2. The first-order chi connectivity index (χ1) is 10.8. The van der Waals surface area contributed by atoms with Gasteiger partial charge in [-0.05, 0) is 24.8 Å². The molecule has 126 valence electrons. The Labute approximate surface area is 154 Å². The Morgan fingerprint density at radius 2 is 2.00 bits per heavy atom. The first-order valence-electron chi connectivity index (χ1n) is 8.06. The second-order valence-corrected chi connectivity index (χ2v) is 6.08. The van der Waals surface area contributed by atoms with Gasteiger partial charge in [0.2, 0.25) is 5.91 Å². The summed E-state index contributed by atoms with van der Waals surface area (Å²) in [6.45, 7) is 2.23. The molecule has 3 rings (SSSR count). The van der Waals surface area contributed by atoms with E-state index in [1.165, 1.54) is 5.56 Å². The molecule has 1 unspecified atom stereocenters. The highest BCUT2D eigenvalue weighted by Crippen LogP contribution is 2.26. The van der Waals surface area contributed by atoms with Crippen LogP contribution in [-0.4, -0.2) is 49.5 Å². The second-order valence-electron chi connectivity index (χ2n) is 6.08. The molecule has 0 radical (unpaired) electrons. The number of carbonyl (C=O) groups is 1. The fourth-order valence-electron chi connectivity index (χ4n) is 2.95. The van der Waals surface area contributed by atoms with Gasteiger partial charge in [-0.3, -0.25) is 9.79 Å². The topological polar surface area (TPSA) is 56.7 Å². The molecule has 2 aliphatic rings. The first kappa shape index (κ1) is 18.0. The van der Waals surface area contributed by atoms with E-state index < -0.39 is 0 Å². The van der Waals surface area contributed by atoms with Gasteiger partial charge in [0, 0.05) is 32.1 Å². The number of halogens is 1. The minimum atomic E-state index is 0. The minimum Gasteiger partial charge on any atom is -0.352 e. The lowest BCUT2D eigenvalue weighted by molar-refractivity contribution is -0.120. The van der Waals surface area contributed by atoms with E-state index in [0.29, 0.717) is 18.5 Å². The summed E-state index contributed by atoms with van der Waals surface area (Å²) < 4.78 is 0. The standard InChI is InChI=1S/C17H24N4O.HI/c1-18-17(19-11-16(22)20-15-7-8-15)21-10-9-14(12-21)13-5-3-2-4-6-13;/h2-6,14-15H,7-12H2,1H3,(H,18,19)(H,20,22);1H. The van der Waals surface area contributed by atoms with Crippen molar-refractivity contribution < 1.29 is 4.79 Å². The van der Waals surface area contributed by atoms with Crippen LogP contribution in [0.15, 0.2) is 35.3 Å². The number of likely N-dealkylation sites (tertiary alicyclic amines) is 1. The smallest absolute Gasteiger partial charge is 0.239 e. The molecular formula is C17H25IN4O. The van der Waals surface area contributed by atoms with Gasteiger partial charge >= 0.3 is 0 Å². The van der Waals surface area contributed by atoms with Gasteiger partial charge in [-0.1, -0.05) is 30.3 Å². The van der Waals surface area contributed by atoms with Gasteiger partial charge in [-0.2, -0.15) is 0 Å². The van der Waals surface area contributed by atoms with Crippen LogP contribution in [0.2, 0.25) is 0 Å². The largest absolute Gasteiger partial charge is 0.352 e. The Balaban J connectivity index is 0.00000192. The number of benzene rings is 1. The van der Waals surface area contributed by atoms with Gasteiger partial charge in [-0.15, -0.1) is 24.0 Å². The summed E-state index contributed by atoms with van der Waals surface area (Å²) in [6.07, 6.45) is 3.36. The van der Waals surface area contributed by atoms with Crippen molar-refractivity contribution in [3.8, 4) is 0 Å². The molecule has 1 aromatic carbocycles. The third-order valence-electron chi connectivity index (χ3n) is 4.32. The average molecular weight is 428 g/mol. The Morgan fingerprint density at radius 1 is 1.26 bits per heavy atom. The molecule has 23 heavy (non-hydrogen) atoms. The molecule has 2 N–H and O–H groups in total. The van der Waals surface area contributed by atoms with Gasteiger partial charge in [0.15, 0.2) is 5.96 Å². The number of amides is 1. The van der Waals surface area contributed by atoms with Gasteiger partial charge in [0.05, 0.1) is 6.54 Å². The highest BCUT2D eigenvalue weighted by atomic mass is 127. The highest BCUT2D eigenvalue weighted by molar-refractivity contribution is 14.0. The molecule has 1 saturated heterocycles. The zero-order valence-electron chi connectivity index (χ0n) is 13.5. The number of guanidine groups is 1. The van der Waals surface area contributed by atoms with Crippen LogP contribution >= 0.6 is 24.0 Å². The molecule has 1 heterocycles. The average Bonchev–Trinajstić information content (AvgIpc) is 3.22. The fourth-order valence-corrected chi connectivity index (χ4v) is 2.95. The van der Waals surface area contributed by atoms with Crippen molar-refractivity contribution in [1.82, 2.24) is 15.5 Å². The molecule has 5 nitrogen and oxygen atoms in total. The van der Waals surface area contributed by atoms with Gasteiger partial charge in [-0.25, -0.2) is 0 Å². The quantitative estimate of drug-likeness (QED) is 0.438. The molecule has 2 fully saturated rings. The SMILES string of the molecule is CN=C(NCC(=O)NC1CC1)N1CCC(c2ccccc2)C1.I. The monoisotopic (exact) mass is 428 g/mol. The van der Waals surface area contributed by atoms with Crippen molar-refractivity contribution in [1.29, 1.82) is 0 Å². The predicted octanol–water partition coefficient (Wildman–Crippen LogP) is 1.95. The van der Waals surface area contributed by atoms with E-state index in [2.05, 4.69) is 50.9 Å². The minimum absolute atomic E-state index is 0. The van der Waals surface area contributed by atoms with Crippen LogP contribution in [0.4, 0.5) is 0 Å². The zero-order valence-corrected chi connectivity index (χ0v) is 15.8. The van der Waals surface area contributed by atoms with Crippen molar-refractivity contribution in [2.75, 3.05) is 26.7 Å². The summed E-state index contributed by atoms with van der Waals surface area (Å²) in [7, 11) is 1.77. The van der Waals surface area contributed by atoms with E-state index in [1.54, 1.807) is 7.05 Å². The summed E-state index contributed by atoms with van der Waals surface area (Å²) in [4.78, 5) is 18.3. The molecule has 1 aliphatic heterocycles. The van der Waals surface area contributed by atoms with Crippen LogP contribution in [-0.2, 0) is 4.79 Å². The Bertz CT molecular complexity index is 545. The molecule has 1 aliphatic carbocycles. The van der Waals surface area contributed by atoms with Crippen LogP contribution < -0.4 is 10.6 Å². The lowest BCUT2D eigenvalue weighted by atomic mass is 9.99. The number of nitrogens with one attached hydrogen (secondary N) is 2. The van der Waals surface area contributed by atoms with Gasteiger partial charge in [0.1, 0.15) is 0 Å². The third kappa shape index (κ3) is 5.09. The maximum Gasteiger partial charge on any atom is 0.239 e. The number of nitrogens with zero attached hydrogens (tertiary/aromatic N) is 2. The number of aliphatic imine (C=N–C) groups is 1. The maximum absolute atomic E-state index is 11.8. The summed E-state index contributed by atoms with van der Waals surface area (Å²) in [5, 5.41) is 6.16. The van der Waals surface area contributed by atoms with E-state index in [0.717, 1.165) is 38.3 Å². The summed E-state index contributed by atoms with van der Waals surface area (Å²) in [5.41, 5.74) is 1.38. The maximum atomic E-state index is 11.8. The normalized spacial score (nSPS) is 20.8. The van der Waals surface area contributed by atoms with Crippen molar-refractivity contribution in [2.45, 2.75) is 31.2 Å².